The van der Waals surface area contributed by atoms with Gasteiger partial charge in [-0.15, -0.1) is 0 Å². The van der Waals surface area contributed by atoms with Gasteiger partial charge in [0.1, 0.15) is 0 Å². The molecule has 3 rings (SSSR count). The van der Waals surface area contributed by atoms with Gasteiger partial charge in [-0.25, -0.2) is 0 Å². The Kier molecular flexibility index (Phi) is 4.62. The lowest BCUT2D eigenvalue weighted by Gasteiger charge is -2.21. The molecule has 1 nitrogen and oxygen atoms in total. The van der Waals surface area contributed by atoms with E-state index in [1.807, 2.05) is 0 Å². The summed E-state index contributed by atoms with van der Waals surface area (Å²) in [6.45, 7) is 10.2. The fraction of sp³-hybridized carbons (Fsp3) is 0.304. The number of aryl methyl sites for hydroxylation is 1. The van der Waals surface area contributed by atoms with Crippen molar-refractivity contribution < 1.29 is 0 Å². The maximum atomic E-state index is 2.49. The van der Waals surface area contributed by atoms with Gasteiger partial charge in [0.05, 0.1) is 5.69 Å². The highest BCUT2D eigenvalue weighted by atomic mass is 15.0. The highest BCUT2D eigenvalue weighted by Crippen LogP contribution is 2.36. The van der Waals surface area contributed by atoms with E-state index in [1.54, 1.807) is 0 Å². The summed E-state index contributed by atoms with van der Waals surface area (Å²) in [4.78, 5) is 0. The van der Waals surface area contributed by atoms with Crippen molar-refractivity contribution in [1.29, 1.82) is 0 Å². The number of rotatable bonds is 4. The molecular formula is C23H27N. The molecule has 0 aliphatic rings. The summed E-state index contributed by atoms with van der Waals surface area (Å²) in [6, 6.07) is 23.8. The van der Waals surface area contributed by atoms with Crippen LogP contribution in [-0.2, 0) is 6.54 Å². The largest absolute Gasteiger partial charge is 0.344 e. The van der Waals surface area contributed by atoms with Crippen LogP contribution in [-0.4, -0.2) is 4.57 Å². The molecule has 0 saturated carbocycles. The average molecular weight is 317 g/mol. The van der Waals surface area contributed by atoms with Crippen molar-refractivity contribution in [1.82, 2.24) is 4.57 Å². The number of benzene rings is 2. The molecule has 3 aromatic rings. The molecule has 0 aliphatic heterocycles. The number of hydrogen-bond acceptors (Lipinski definition) is 0. The Morgan fingerprint density at radius 3 is 1.88 bits per heavy atom. The van der Waals surface area contributed by atoms with Crippen molar-refractivity contribution in [3.05, 3.63) is 72.4 Å². The second-order valence-electron chi connectivity index (χ2n) is 7.74. The van der Waals surface area contributed by atoms with Crippen LogP contribution in [0.2, 0.25) is 0 Å². The minimum atomic E-state index is 0.331. The van der Waals surface area contributed by atoms with E-state index in [1.165, 1.54) is 28.1 Å². The van der Waals surface area contributed by atoms with Crippen LogP contribution < -0.4 is 0 Å². The fourth-order valence-electron chi connectivity index (χ4n) is 3.16. The summed E-state index contributed by atoms with van der Waals surface area (Å²) in [5, 5.41) is 0. The zero-order valence-electron chi connectivity index (χ0n) is 15.2. The maximum Gasteiger partial charge on any atom is 0.0562 e. The molecule has 124 valence electrons. The lowest BCUT2D eigenvalue weighted by Crippen LogP contribution is -2.12. The monoisotopic (exact) mass is 317 g/mol. The van der Waals surface area contributed by atoms with Gasteiger partial charge in [0.2, 0.25) is 0 Å². The molecule has 0 fully saturated rings. The van der Waals surface area contributed by atoms with Crippen LogP contribution in [0.1, 0.15) is 32.9 Å². The number of aromatic nitrogens is 1. The van der Waals surface area contributed by atoms with E-state index in [4.69, 9.17) is 0 Å². The predicted octanol–water partition coefficient (Wildman–Crippen LogP) is 6.57. The van der Waals surface area contributed by atoms with Crippen molar-refractivity contribution in [2.45, 2.75) is 40.7 Å². The molecule has 0 N–H and O–H groups in total. The van der Waals surface area contributed by atoms with E-state index in [0.717, 1.165) is 13.0 Å². The quantitative estimate of drug-likeness (QED) is 0.513. The molecule has 2 aromatic carbocycles. The van der Waals surface area contributed by atoms with Crippen molar-refractivity contribution >= 4 is 0 Å². The van der Waals surface area contributed by atoms with Crippen LogP contribution in [0.3, 0.4) is 0 Å². The molecule has 1 heterocycles. The SMILES string of the molecule is Cc1cc(-c2ccccc2)c(-c2ccccc2)n1CCC(C)(C)C. The van der Waals surface area contributed by atoms with Gasteiger partial charge in [-0.05, 0) is 36.0 Å². The van der Waals surface area contributed by atoms with Crippen LogP contribution in [0.25, 0.3) is 22.4 Å². The van der Waals surface area contributed by atoms with Gasteiger partial charge in [0, 0.05) is 17.8 Å². The summed E-state index contributed by atoms with van der Waals surface area (Å²) < 4.78 is 2.49. The summed E-state index contributed by atoms with van der Waals surface area (Å²) in [5.74, 6) is 0. The molecule has 1 aromatic heterocycles. The number of nitrogens with zero attached hydrogens (tertiary/aromatic N) is 1. The van der Waals surface area contributed by atoms with E-state index in [9.17, 15) is 0 Å². The van der Waals surface area contributed by atoms with Crippen molar-refractivity contribution in [2.24, 2.45) is 5.41 Å². The fourth-order valence-corrected chi connectivity index (χ4v) is 3.16. The number of hydrogen-bond donors (Lipinski definition) is 0. The summed E-state index contributed by atoms with van der Waals surface area (Å²) >= 11 is 0. The van der Waals surface area contributed by atoms with Gasteiger partial charge in [-0.1, -0.05) is 81.4 Å². The van der Waals surface area contributed by atoms with Crippen LogP contribution in [0.5, 0.6) is 0 Å². The maximum absolute atomic E-state index is 2.49. The van der Waals surface area contributed by atoms with Crippen molar-refractivity contribution in [2.75, 3.05) is 0 Å². The highest BCUT2D eigenvalue weighted by Gasteiger charge is 2.18. The minimum absolute atomic E-state index is 0.331. The third kappa shape index (κ3) is 3.62. The van der Waals surface area contributed by atoms with Crippen LogP contribution >= 0.6 is 0 Å². The Morgan fingerprint density at radius 1 is 0.792 bits per heavy atom. The van der Waals surface area contributed by atoms with E-state index < -0.39 is 0 Å². The Bertz CT molecular complexity index is 789. The second-order valence-corrected chi connectivity index (χ2v) is 7.74. The lowest BCUT2D eigenvalue weighted by molar-refractivity contribution is 0.350. The molecule has 0 bridgehead atoms. The van der Waals surface area contributed by atoms with Crippen molar-refractivity contribution in [3.63, 3.8) is 0 Å². The van der Waals surface area contributed by atoms with Gasteiger partial charge < -0.3 is 4.57 Å². The Morgan fingerprint density at radius 2 is 1.33 bits per heavy atom. The Labute approximate surface area is 146 Å². The van der Waals surface area contributed by atoms with Crippen LogP contribution in [0.4, 0.5) is 0 Å². The topological polar surface area (TPSA) is 4.93 Å². The third-order valence-corrected chi connectivity index (χ3v) is 4.52. The van der Waals surface area contributed by atoms with Gasteiger partial charge in [0.15, 0.2) is 0 Å². The molecule has 24 heavy (non-hydrogen) atoms. The smallest absolute Gasteiger partial charge is 0.0562 e. The van der Waals surface area contributed by atoms with Crippen molar-refractivity contribution in [3.8, 4) is 22.4 Å². The summed E-state index contributed by atoms with van der Waals surface area (Å²) in [6.07, 6.45) is 1.16. The zero-order valence-corrected chi connectivity index (χ0v) is 15.2. The third-order valence-electron chi connectivity index (χ3n) is 4.52. The van der Waals surface area contributed by atoms with Gasteiger partial charge in [-0.3, -0.25) is 0 Å². The van der Waals surface area contributed by atoms with E-state index in [-0.39, 0.29) is 0 Å². The highest BCUT2D eigenvalue weighted by molar-refractivity contribution is 5.82. The van der Waals surface area contributed by atoms with Gasteiger partial charge in [0.25, 0.3) is 0 Å². The second kappa shape index (κ2) is 6.68. The first-order valence-electron chi connectivity index (χ1n) is 8.77. The first-order valence-corrected chi connectivity index (χ1v) is 8.77. The molecule has 0 atom stereocenters. The van der Waals surface area contributed by atoms with Gasteiger partial charge in [-0.2, -0.15) is 0 Å². The summed E-state index contributed by atoms with van der Waals surface area (Å²) in [5.41, 5.74) is 6.90. The average Bonchev–Trinajstić information content (AvgIpc) is 2.90. The molecule has 0 aliphatic carbocycles. The normalized spacial score (nSPS) is 11.7. The van der Waals surface area contributed by atoms with E-state index in [2.05, 4.69) is 99.0 Å². The first-order chi connectivity index (χ1) is 11.5. The Balaban J connectivity index is 2.13. The molecule has 0 spiro atoms. The van der Waals surface area contributed by atoms with Gasteiger partial charge >= 0.3 is 0 Å². The molecule has 0 amide bonds. The van der Waals surface area contributed by atoms with E-state index in [0.29, 0.717) is 5.41 Å². The molecule has 0 radical (unpaired) electrons. The zero-order chi connectivity index (χ0) is 17.2. The van der Waals surface area contributed by atoms with E-state index >= 15 is 0 Å². The molecular weight excluding hydrogens is 290 g/mol. The molecule has 0 saturated heterocycles. The van der Waals surface area contributed by atoms with Crippen LogP contribution in [0, 0.1) is 12.3 Å². The first kappa shape index (κ1) is 16.6. The molecule has 1 heteroatoms. The standard InChI is InChI=1S/C23H27N/c1-18-17-21(19-11-7-5-8-12-19)22(20-13-9-6-10-14-20)24(18)16-15-23(2,3)4/h5-14,17H,15-16H2,1-4H3. The Hall–Kier alpha value is -2.28. The minimum Gasteiger partial charge on any atom is -0.344 e. The summed E-state index contributed by atoms with van der Waals surface area (Å²) in [7, 11) is 0. The van der Waals surface area contributed by atoms with Crippen LogP contribution in [0.15, 0.2) is 66.7 Å². The predicted molar refractivity (Wildman–Crippen MR) is 104 cm³/mol. The molecule has 0 unspecified atom stereocenters. The lowest BCUT2D eigenvalue weighted by atomic mass is 9.92.